The number of rotatable bonds is 6. The predicted molar refractivity (Wildman–Crippen MR) is 137 cm³/mol. The summed E-state index contributed by atoms with van der Waals surface area (Å²) >= 11 is 0. The van der Waals surface area contributed by atoms with Crippen molar-refractivity contribution in [3.63, 3.8) is 0 Å². The average molecular weight is 506 g/mol. The van der Waals surface area contributed by atoms with Crippen molar-refractivity contribution >= 4 is 22.7 Å². The molecule has 1 aromatic heterocycles. The smallest absolute Gasteiger partial charge is 0.246 e. The number of hydrogen-bond donors (Lipinski definition) is 2. The summed E-state index contributed by atoms with van der Waals surface area (Å²) in [6.07, 6.45) is 0.495. The second kappa shape index (κ2) is 9.72. The van der Waals surface area contributed by atoms with Gasteiger partial charge < -0.3 is 33.9 Å². The number of nitrogens with zero attached hydrogens (tertiary/aromatic N) is 2. The molecule has 3 aromatic rings. The van der Waals surface area contributed by atoms with Gasteiger partial charge in [-0.05, 0) is 29.3 Å². The number of ether oxygens (including phenoxy) is 3. The Morgan fingerprint density at radius 1 is 1.05 bits per heavy atom. The van der Waals surface area contributed by atoms with Crippen molar-refractivity contribution in [2.24, 2.45) is 0 Å². The van der Waals surface area contributed by atoms with E-state index < -0.39 is 12.1 Å². The summed E-state index contributed by atoms with van der Waals surface area (Å²) in [5, 5.41) is 1.10. The minimum atomic E-state index is -0.550. The van der Waals surface area contributed by atoms with Crippen LogP contribution in [0.1, 0.15) is 22.9 Å². The van der Waals surface area contributed by atoms with Gasteiger partial charge in [-0.1, -0.05) is 24.3 Å². The van der Waals surface area contributed by atoms with Crippen LogP contribution in [0, 0.1) is 0 Å². The number of amides is 2. The quantitative estimate of drug-likeness (QED) is 0.517. The number of quaternary nitrogens is 1. The maximum absolute atomic E-state index is 13.9. The minimum Gasteiger partial charge on any atom is -0.493 e. The molecule has 0 radical (unpaired) electrons. The van der Waals surface area contributed by atoms with E-state index in [4.69, 9.17) is 14.2 Å². The highest BCUT2D eigenvalue weighted by molar-refractivity contribution is 5.97. The van der Waals surface area contributed by atoms with Crippen LogP contribution in [0.25, 0.3) is 10.9 Å². The molecule has 9 heteroatoms. The standard InChI is InChI=1S/C28H32N4O5/c1-35-23-8-7-18(15-24(23)36-2)27-26-20(19-5-3-4-6-21(19)29-26)16-22-28(34)31(17-25(33)32(22)27)10-9-30-11-13-37-14-12-30/h3-8,15,22,27,29H,9-14,16-17H2,1-2H3/p+1/t22-,27-/m0/s1. The van der Waals surface area contributed by atoms with E-state index in [1.54, 1.807) is 24.0 Å². The van der Waals surface area contributed by atoms with E-state index in [1.807, 2.05) is 36.4 Å². The van der Waals surface area contributed by atoms with E-state index in [0.29, 0.717) is 24.5 Å². The molecule has 2 fully saturated rings. The third-order valence-electron chi connectivity index (χ3n) is 8.00. The van der Waals surface area contributed by atoms with Gasteiger partial charge in [0.1, 0.15) is 25.7 Å². The fraction of sp³-hybridized carbons (Fsp3) is 0.429. The van der Waals surface area contributed by atoms with Gasteiger partial charge in [-0.3, -0.25) is 9.59 Å². The Kier molecular flexibility index (Phi) is 6.26. The molecule has 0 spiro atoms. The number of H-pyrrole nitrogens is 1. The number of carbonyl (C=O) groups excluding carboxylic acids is 2. The zero-order valence-corrected chi connectivity index (χ0v) is 21.3. The Morgan fingerprint density at radius 3 is 2.62 bits per heavy atom. The fourth-order valence-corrected chi connectivity index (χ4v) is 6.09. The Morgan fingerprint density at radius 2 is 1.84 bits per heavy atom. The molecule has 2 N–H and O–H groups in total. The second-order valence-electron chi connectivity index (χ2n) is 9.97. The van der Waals surface area contributed by atoms with Crippen LogP contribution < -0.4 is 14.4 Å². The number of para-hydroxylation sites is 1. The number of benzene rings is 2. The van der Waals surface area contributed by atoms with Gasteiger partial charge in [-0.25, -0.2) is 0 Å². The predicted octanol–water partition coefficient (Wildman–Crippen LogP) is 0.785. The first kappa shape index (κ1) is 23.8. The molecule has 4 heterocycles. The molecule has 6 rings (SSSR count). The van der Waals surface area contributed by atoms with E-state index in [-0.39, 0.29) is 18.4 Å². The Balaban J connectivity index is 1.39. The maximum atomic E-state index is 13.9. The van der Waals surface area contributed by atoms with Crippen LogP contribution in [0.3, 0.4) is 0 Å². The van der Waals surface area contributed by atoms with Crippen molar-refractivity contribution in [1.29, 1.82) is 0 Å². The molecule has 0 saturated carbocycles. The molecular formula is C28H33N4O5+. The molecule has 3 aliphatic rings. The van der Waals surface area contributed by atoms with Crippen LogP contribution >= 0.6 is 0 Å². The van der Waals surface area contributed by atoms with Crippen molar-refractivity contribution in [3.8, 4) is 11.5 Å². The molecule has 2 aromatic carbocycles. The Hall–Kier alpha value is -3.56. The van der Waals surface area contributed by atoms with Crippen molar-refractivity contribution in [3.05, 3.63) is 59.3 Å². The molecule has 0 aliphatic carbocycles. The number of piperazine rings is 1. The van der Waals surface area contributed by atoms with Crippen LogP contribution in [0.2, 0.25) is 0 Å². The molecule has 194 valence electrons. The third kappa shape index (κ3) is 4.12. The van der Waals surface area contributed by atoms with Gasteiger partial charge >= 0.3 is 0 Å². The summed E-state index contributed by atoms with van der Waals surface area (Å²) in [6, 6.07) is 12.9. The summed E-state index contributed by atoms with van der Waals surface area (Å²) in [5.41, 5.74) is 3.93. The maximum Gasteiger partial charge on any atom is 0.246 e. The lowest BCUT2D eigenvalue weighted by Gasteiger charge is -2.47. The SMILES string of the molecule is COc1ccc([C@H]2c3[nH]c4ccccc4c3C[C@H]3C(=O)N(CC[NH+]4CCOCC4)CC(=O)N23)cc1OC. The number of carbonyl (C=O) groups is 2. The highest BCUT2D eigenvalue weighted by atomic mass is 16.5. The van der Waals surface area contributed by atoms with Gasteiger partial charge in [0.2, 0.25) is 11.8 Å². The van der Waals surface area contributed by atoms with Crippen LogP contribution in [0.15, 0.2) is 42.5 Å². The highest BCUT2D eigenvalue weighted by Crippen LogP contribution is 2.44. The zero-order chi connectivity index (χ0) is 25.5. The number of nitrogens with one attached hydrogen (secondary N) is 2. The van der Waals surface area contributed by atoms with Gasteiger partial charge in [0, 0.05) is 23.0 Å². The number of aromatic amines is 1. The van der Waals surface area contributed by atoms with Crippen molar-refractivity contribution in [2.75, 3.05) is 60.2 Å². The number of fused-ring (bicyclic) bond motifs is 4. The van der Waals surface area contributed by atoms with Crippen LogP contribution in [-0.4, -0.2) is 92.8 Å². The summed E-state index contributed by atoms with van der Waals surface area (Å²) in [6.45, 7) is 4.86. The molecule has 2 atom stereocenters. The van der Waals surface area contributed by atoms with Gasteiger partial charge in [0.25, 0.3) is 0 Å². The van der Waals surface area contributed by atoms with E-state index in [0.717, 1.165) is 60.6 Å². The van der Waals surface area contributed by atoms with E-state index in [9.17, 15) is 9.59 Å². The second-order valence-corrected chi connectivity index (χ2v) is 9.97. The van der Waals surface area contributed by atoms with Gasteiger partial charge in [0.05, 0.1) is 46.6 Å². The Labute approximate surface area is 215 Å². The normalized spacial score (nSPS) is 22.2. The Bertz CT molecular complexity index is 1330. The van der Waals surface area contributed by atoms with Crippen LogP contribution in [0.4, 0.5) is 0 Å². The summed E-state index contributed by atoms with van der Waals surface area (Å²) in [5.74, 6) is 1.19. The van der Waals surface area contributed by atoms with E-state index >= 15 is 0 Å². The molecule has 3 aliphatic heterocycles. The first-order valence-electron chi connectivity index (χ1n) is 12.9. The summed E-state index contributed by atoms with van der Waals surface area (Å²) < 4.78 is 16.5. The van der Waals surface area contributed by atoms with Crippen molar-refractivity contribution in [2.45, 2.75) is 18.5 Å². The first-order valence-corrected chi connectivity index (χ1v) is 12.9. The lowest BCUT2D eigenvalue weighted by Crippen LogP contribution is -3.14. The summed E-state index contributed by atoms with van der Waals surface area (Å²) in [7, 11) is 3.20. The lowest BCUT2D eigenvalue weighted by molar-refractivity contribution is -0.907. The first-order chi connectivity index (χ1) is 18.1. The molecule has 0 bridgehead atoms. The van der Waals surface area contributed by atoms with Crippen molar-refractivity contribution < 1.29 is 28.7 Å². The van der Waals surface area contributed by atoms with Crippen LogP contribution in [0.5, 0.6) is 11.5 Å². The third-order valence-corrected chi connectivity index (χ3v) is 8.00. The monoisotopic (exact) mass is 505 g/mol. The molecule has 37 heavy (non-hydrogen) atoms. The zero-order valence-electron chi connectivity index (χ0n) is 21.3. The largest absolute Gasteiger partial charge is 0.493 e. The topological polar surface area (TPSA) is 88.5 Å². The van der Waals surface area contributed by atoms with Gasteiger partial charge in [-0.15, -0.1) is 0 Å². The lowest BCUT2D eigenvalue weighted by atomic mass is 9.86. The number of hydrogen-bond acceptors (Lipinski definition) is 5. The minimum absolute atomic E-state index is 0.0219. The average Bonchev–Trinajstić information content (AvgIpc) is 3.31. The fourth-order valence-electron chi connectivity index (χ4n) is 6.09. The van der Waals surface area contributed by atoms with Crippen molar-refractivity contribution in [1.82, 2.24) is 14.8 Å². The molecule has 9 nitrogen and oxygen atoms in total. The molecular weight excluding hydrogens is 472 g/mol. The summed E-state index contributed by atoms with van der Waals surface area (Å²) in [4.78, 5) is 36.2. The number of aromatic nitrogens is 1. The van der Waals surface area contributed by atoms with Gasteiger partial charge in [-0.2, -0.15) is 0 Å². The number of methoxy groups -OCH3 is 2. The van der Waals surface area contributed by atoms with Crippen LogP contribution in [-0.2, 0) is 20.7 Å². The molecule has 0 unspecified atom stereocenters. The molecule has 2 amide bonds. The van der Waals surface area contributed by atoms with Gasteiger partial charge in [0.15, 0.2) is 11.5 Å². The van der Waals surface area contributed by atoms with E-state index in [2.05, 4.69) is 11.1 Å². The molecule has 2 saturated heterocycles. The van der Waals surface area contributed by atoms with E-state index in [1.165, 1.54) is 4.90 Å². The number of morpholine rings is 1. The highest BCUT2D eigenvalue weighted by Gasteiger charge is 2.48.